The molecule has 1 fully saturated rings. The van der Waals surface area contributed by atoms with Crippen molar-refractivity contribution >= 4 is 40.6 Å². The van der Waals surface area contributed by atoms with Gasteiger partial charge >= 0.3 is 0 Å². The van der Waals surface area contributed by atoms with Crippen LogP contribution in [-0.2, 0) is 4.74 Å². The van der Waals surface area contributed by atoms with Crippen LogP contribution in [0.2, 0.25) is 0 Å². The van der Waals surface area contributed by atoms with Crippen LogP contribution in [0.25, 0.3) is 0 Å². The molecule has 3 N–H and O–H groups in total. The van der Waals surface area contributed by atoms with Gasteiger partial charge in [-0.2, -0.15) is 0 Å². The Morgan fingerprint density at radius 2 is 1.62 bits per heavy atom. The maximum atomic E-state index is 5.42. The molecule has 0 atom stereocenters. The summed E-state index contributed by atoms with van der Waals surface area (Å²) in [5.74, 6) is 1.47. The third kappa shape index (κ3) is 5.38. The Hall–Kier alpha value is -2.81. The fraction of sp³-hybridized carbons (Fsp3) is 0.238. The Bertz CT molecular complexity index is 930. The molecule has 0 aliphatic carbocycles. The van der Waals surface area contributed by atoms with Gasteiger partial charge in [-0.05, 0) is 61.5 Å². The first-order valence-corrected chi connectivity index (χ1v) is 10.3. The van der Waals surface area contributed by atoms with Gasteiger partial charge in [0.15, 0.2) is 0 Å². The van der Waals surface area contributed by atoms with Crippen molar-refractivity contribution in [2.24, 2.45) is 0 Å². The summed E-state index contributed by atoms with van der Waals surface area (Å²) in [5, 5.41) is 6.67. The Morgan fingerprint density at radius 1 is 0.897 bits per heavy atom. The smallest absolute Gasteiger partial charge is 0.135 e. The summed E-state index contributed by atoms with van der Waals surface area (Å²) in [7, 11) is 1.90. The largest absolute Gasteiger partial charge is 0.378 e. The molecule has 7 nitrogen and oxygen atoms in total. The fourth-order valence-electron chi connectivity index (χ4n) is 3.12. The van der Waals surface area contributed by atoms with Crippen molar-refractivity contribution in [1.29, 1.82) is 0 Å². The fourth-order valence-corrected chi connectivity index (χ4v) is 3.69. The van der Waals surface area contributed by atoms with E-state index in [1.165, 1.54) is 5.69 Å². The van der Waals surface area contributed by atoms with Gasteiger partial charge in [0.1, 0.15) is 18.0 Å². The van der Waals surface area contributed by atoms with Crippen LogP contribution in [0, 0.1) is 0 Å². The molecule has 150 valence electrons. The second kappa shape index (κ2) is 9.60. The minimum absolute atomic E-state index is 0.735. The van der Waals surface area contributed by atoms with E-state index in [2.05, 4.69) is 66.6 Å². The predicted molar refractivity (Wildman–Crippen MR) is 119 cm³/mol. The summed E-state index contributed by atoms with van der Waals surface area (Å²) >= 11 is 1.57. The van der Waals surface area contributed by atoms with Crippen molar-refractivity contribution in [3.8, 4) is 0 Å². The average molecular weight is 409 g/mol. The lowest BCUT2D eigenvalue weighted by molar-refractivity contribution is 0.122. The molecular formula is C21H24N6OS. The number of morpholine rings is 1. The van der Waals surface area contributed by atoms with E-state index in [4.69, 9.17) is 4.74 Å². The summed E-state index contributed by atoms with van der Waals surface area (Å²) in [6, 6.07) is 18.4. The molecule has 0 spiro atoms. The van der Waals surface area contributed by atoms with Crippen LogP contribution in [-0.4, -0.2) is 43.3 Å². The monoisotopic (exact) mass is 408 g/mol. The highest BCUT2D eigenvalue weighted by Gasteiger charge is 2.11. The second-order valence-corrected chi connectivity index (χ2v) is 7.60. The number of hydrogen-bond donors (Lipinski definition) is 3. The Balaban J connectivity index is 1.41. The number of anilines is 5. The zero-order valence-corrected chi connectivity index (χ0v) is 17.1. The molecule has 2 heterocycles. The van der Waals surface area contributed by atoms with Crippen molar-refractivity contribution in [2.75, 3.05) is 48.9 Å². The van der Waals surface area contributed by atoms with Crippen LogP contribution in [0.3, 0.4) is 0 Å². The van der Waals surface area contributed by atoms with Gasteiger partial charge in [0.25, 0.3) is 0 Å². The van der Waals surface area contributed by atoms with Crippen molar-refractivity contribution in [1.82, 2.24) is 14.7 Å². The summed E-state index contributed by atoms with van der Waals surface area (Å²) in [5.41, 5.74) is 3.17. The van der Waals surface area contributed by atoms with E-state index in [-0.39, 0.29) is 0 Å². The Morgan fingerprint density at radius 3 is 2.34 bits per heavy atom. The Kier molecular flexibility index (Phi) is 6.45. The molecule has 1 aliphatic rings. The molecule has 0 bridgehead atoms. The maximum absolute atomic E-state index is 5.42. The van der Waals surface area contributed by atoms with Crippen molar-refractivity contribution in [3.63, 3.8) is 0 Å². The summed E-state index contributed by atoms with van der Waals surface area (Å²) in [6.45, 7) is 3.43. The molecule has 1 aliphatic heterocycles. The van der Waals surface area contributed by atoms with Crippen LogP contribution < -0.4 is 20.3 Å². The Labute approximate surface area is 175 Å². The quantitative estimate of drug-likeness (QED) is 0.506. The molecule has 1 saturated heterocycles. The number of benzene rings is 2. The summed E-state index contributed by atoms with van der Waals surface area (Å²) in [4.78, 5) is 12.1. The lowest BCUT2D eigenvalue weighted by Crippen LogP contribution is -2.36. The van der Waals surface area contributed by atoms with Gasteiger partial charge in [0.2, 0.25) is 0 Å². The van der Waals surface area contributed by atoms with Gasteiger partial charge in [-0.3, -0.25) is 4.72 Å². The number of aromatic nitrogens is 2. The zero-order valence-electron chi connectivity index (χ0n) is 16.3. The van der Waals surface area contributed by atoms with Crippen LogP contribution in [0.5, 0.6) is 0 Å². The first-order chi connectivity index (χ1) is 14.3. The zero-order chi connectivity index (χ0) is 19.9. The van der Waals surface area contributed by atoms with E-state index < -0.39 is 0 Å². The highest BCUT2D eigenvalue weighted by molar-refractivity contribution is 7.97. The normalized spacial score (nSPS) is 13.9. The molecule has 0 unspecified atom stereocenters. The van der Waals surface area contributed by atoms with E-state index in [9.17, 15) is 0 Å². The number of ether oxygens (including phenoxy) is 1. The van der Waals surface area contributed by atoms with E-state index in [0.29, 0.717) is 0 Å². The van der Waals surface area contributed by atoms with Crippen molar-refractivity contribution in [3.05, 3.63) is 60.9 Å². The molecule has 29 heavy (non-hydrogen) atoms. The van der Waals surface area contributed by atoms with Crippen molar-refractivity contribution < 1.29 is 4.74 Å². The minimum Gasteiger partial charge on any atom is -0.378 e. The van der Waals surface area contributed by atoms with E-state index >= 15 is 0 Å². The molecule has 3 aromatic rings. The third-order valence-corrected chi connectivity index (χ3v) is 5.20. The number of hydrogen-bond acceptors (Lipinski definition) is 8. The average Bonchev–Trinajstić information content (AvgIpc) is 2.76. The second-order valence-electron chi connectivity index (χ2n) is 6.52. The molecule has 8 heteroatoms. The van der Waals surface area contributed by atoms with E-state index in [1.54, 1.807) is 18.3 Å². The maximum Gasteiger partial charge on any atom is 0.135 e. The SMILES string of the molecule is CNSc1cccc(Nc2cc(Nc3ccc(N4CCOCC4)cc3)ncn2)c1. The number of nitrogens with zero attached hydrogens (tertiary/aromatic N) is 3. The third-order valence-electron chi connectivity index (χ3n) is 4.51. The summed E-state index contributed by atoms with van der Waals surface area (Å²) in [6.07, 6.45) is 1.55. The number of rotatable bonds is 7. The minimum atomic E-state index is 0.735. The first kappa shape index (κ1) is 19.5. The van der Waals surface area contributed by atoms with Crippen molar-refractivity contribution in [2.45, 2.75) is 4.90 Å². The van der Waals surface area contributed by atoms with Gasteiger partial charge in [-0.25, -0.2) is 9.97 Å². The van der Waals surface area contributed by atoms with Gasteiger partial charge in [0, 0.05) is 41.1 Å². The van der Waals surface area contributed by atoms with E-state index in [1.807, 2.05) is 25.2 Å². The predicted octanol–water partition coefficient (Wildman–Crippen LogP) is 4.03. The summed E-state index contributed by atoms with van der Waals surface area (Å²) < 4.78 is 8.50. The van der Waals surface area contributed by atoms with Crippen LogP contribution in [0.15, 0.2) is 65.8 Å². The molecule has 4 rings (SSSR count). The molecule has 0 saturated carbocycles. The van der Waals surface area contributed by atoms with E-state index in [0.717, 1.165) is 54.2 Å². The standard InChI is InChI=1S/C21H24N6OS/c1-22-29-19-4-2-3-17(13-19)26-21-14-20(23-15-24-21)25-16-5-7-18(8-6-16)27-9-11-28-12-10-27/h2-8,13-15,22H,9-12H2,1H3,(H2,23,24,25,26). The molecule has 0 radical (unpaired) electrons. The van der Waals surface area contributed by atoms with Crippen LogP contribution in [0.4, 0.5) is 28.7 Å². The molecular weight excluding hydrogens is 384 g/mol. The van der Waals surface area contributed by atoms with Gasteiger partial charge < -0.3 is 20.3 Å². The highest BCUT2D eigenvalue weighted by atomic mass is 32.2. The van der Waals surface area contributed by atoms with Gasteiger partial charge in [-0.15, -0.1) is 0 Å². The molecule has 1 aromatic heterocycles. The topological polar surface area (TPSA) is 74.3 Å². The number of nitrogens with one attached hydrogen (secondary N) is 3. The molecule has 0 amide bonds. The van der Waals surface area contributed by atoms with Crippen LogP contribution >= 0.6 is 11.9 Å². The van der Waals surface area contributed by atoms with Gasteiger partial charge in [0.05, 0.1) is 13.2 Å². The first-order valence-electron chi connectivity index (χ1n) is 9.53. The van der Waals surface area contributed by atoms with Gasteiger partial charge in [-0.1, -0.05) is 6.07 Å². The lowest BCUT2D eigenvalue weighted by Gasteiger charge is -2.28. The molecule has 2 aromatic carbocycles. The highest BCUT2D eigenvalue weighted by Crippen LogP contribution is 2.24. The lowest BCUT2D eigenvalue weighted by atomic mass is 10.2. The van der Waals surface area contributed by atoms with Crippen LogP contribution in [0.1, 0.15) is 0 Å².